The van der Waals surface area contributed by atoms with Crippen LogP contribution in [0.1, 0.15) is 18.4 Å². The van der Waals surface area contributed by atoms with E-state index in [-0.39, 0.29) is 17.4 Å². The van der Waals surface area contributed by atoms with Crippen LogP contribution in [0.2, 0.25) is 0 Å². The molecular weight excluding hydrogens is 399 g/mol. The quantitative estimate of drug-likeness (QED) is 0.288. The largest absolute Gasteiger partial charge is 0.367 e. The summed E-state index contributed by atoms with van der Waals surface area (Å²) < 4.78 is 13.9. The van der Waals surface area contributed by atoms with E-state index in [1.807, 2.05) is 12.1 Å². The van der Waals surface area contributed by atoms with Crippen LogP contribution in [0.5, 0.6) is 0 Å². The lowest BCUT2D eigenvalue weighted by Crippen LogP contribution is -2.47. The number of carbonyl (C=O) groups is 1. The van der Waals surface area contributed by atoms with Crippen LogP contribution in [0.25, 0.3) is 6.08 Å². The summed E-state index contributed by atoms with van der Waals surface area (Å²) in [6.45, 7) is 4.98. The second-order valence-corrected chi connectivity index (χ2v) is 7.46. The van der Waals surface area contributed by atoms with E-state index >= 15 is 0 Å². The first-order valence-electron chi connectivity index (χ1n) is 10.4. The number of anilines is 1. The molecule has 1 saturated heterocycles. The molecule has 164 valence electrons. The lowest BCUT2D eigenvalue weighted by molar-refractivity contribution is -0.384. The Morgan fingerprint density at radius 3 is 2.45 bits per heavy atom. The summed E-state index contributed by atoms with van der Waals surface area (Å²) in [5.41, 5.74) is 1.43. The zero-order valence-corrected chi connectivity index (χ0v) is 17.4. The van der Waals surface area contributed by atoms with Crippen LogP contribution >= 0.6 is 0 Å². The fourth-order valence-corrected chi connectivity index (χ4v) is 3.53. The highest BCUT2D eigenvalue weighted by Crippen LogP contribution is 2.20. The molecule has 0 aliphatic carbocycles. The summed E-state index contributed by atoms with van der Waals surface area (Å²) in [6, 6.07) is 12.9. The summed E-state index contributed by atoms with van der Waals surface area (Å²) in [6.07, 6.45) is 4.92. The van der Waals surface area contributed by atoms with Gasteiger partial charge in [-0.15, -0.1) is 0 Å². The van der Waals surface area contributed by atoms with Crippen LogP contribution in [-0.2, 0) is 4.79 Å². The van der Waals surface area contributed by atoms with Gasteiger partial charge in [-0.25, -0.2) is 4.39 Å². The SMILES string of the molecule is O=C(/C=C/c1ccc([N+](=O)[O-])cc1)NCCCCN1CCN(c2ccccc2F)CC1. The number of hydrogen-bond donors (Lipinski definition) is 1. The van der Waals surface area contributed by atoms with Crippen LogP contribution in [0.15, 0.2) is 54.6 Å². The minimum Gasteiger partial charge on any atom is -0.367 e. The number of nitrogens with zero attached hydrogens (tertiary/aromatic N) is 3. The van der Waals surface area contributed by atoms with E-state index in [1.54, 1.807) is 24.3 Å². The van der Waals surface area contributed by atoms with E-state index < -0.39 is 4.92 Å². The van der Waals surface area contributed by atoms with Crippen molar-refractivity contribution >= 4 is 23.4 Å². The van der Waals surface area contributed by atoms with Crippen molar-refractivity contribution in [3.8, 4) is 0 Å². The van der Waals surface area contributed by atoms with Gasteiger partial charge in [-0.2, -0.15) is 0 Å². The van der Waals surface area contributed by atoms with Crippen molar-refractivity contribution < 1.29 is 14.1 Å². The molecule has 0 radical (unpaired) electrons. The first kappa shape index (κ1) is 22.4. The average Bonchev–Trinajstić information content (AvgIpc) is 2.78. The number of piperazine rings is 1. The van der Waals surface area contributed by atoms with Gasteiger partial charge in [0.05, 0.1) is 10.6 Å². The van der Waals surface area contributed by atoms with Gasteiger partial charge in [0.15, 0.2) is 0 Å². The molecule has 0 saturated carbocycles. The molecule has 1 amide bonds. The first-order valence-corrected chi connectivity index (χ1v) is 10.4. The van der Waals surface area contributed by atoms with Crippen LogP contribution in [-0.4, -0.2) is 55.0 Å². The first-order chi connectivity index (χ1) is 15.0. The molecule has 0 atom stereocenters. The second-order valence-electron chi connectivity index (χ2n) is 7.46. The van der Waals surface area contributed by atoms with Gasteiger partial charge in [-0.3, -0.25) is 19.8 Å². The van der Waals surface area contributed by atoms with Crippen molar-refractivity contribution in [1.82, 2.24) is 10.2 Å². The Morgan fingerprint density at radius 2 is 1.77 bits per heavy atom. The smallest absolute Gasteiger partial charge is 0.269 e. The highest BCUT2D eigenvalue weighted by molar-refractivity contribution is 5.91. The summed E-state index contributed by atoms with van der Waals surface area (Å²) >= 11 is 0. The Hall–Kier alpha value is -3.26. The predicted molar refractivity (Wildman–Crippen MR) is 119 cm³/mol. The molecule has 1 aliphatic rings. The van der Waals surface area contributed by atoms with Gasteiger partial charge in [0.25, 0.3) is 5.69 Å². The number of amides is 1. The van der Waals surface area contributed by atoms with E-state index in [4.69, 9.17) is 0 Å². The van der Waals surface area contributed by atoms with Gasteiger partial charge >= 0.3 is 0 Å². The van der Waals surface area contributed by atoms with Crippen molar-refractivity contribution in [3.63, 3.8) is 0 Å². The number of rotatable bonds is 9. The van der Waals surface area contributed by atoms with Crippen molar-refractivity contribution in [2.24, 2.45) is 0 Å². The van der Waals surface area contributed by atoms with Gasteiger partial charge in [0.1, 0.15) is 5.82 Å². The molecule has 31 heavy (non-hydrogen) atoms. The molecule has 0 unspecified atom stereocenters. The molecule has 7 nitrogen and oxygen atoms in total. The fourth-order valence-electron chi connectivity index (χ4n) is 3.53. The molecule has 1 fully saturated rings. The fraction of sp³-hybridized carbons (Fsp3) is 0.348. The normalized spacial score (nSPS) is 14.7. The molecule has 1 N–H and O–H groups in total. The zero-order valence-electron chi connectivity index (χ0n) is 17.4. The molecule has 1 aliphatic heterocycles. The topological polar surface area (TPSA) is 78.7 Å². The van der Waals surface area contributed by atoms with Gasteiger partial charge < -0.3 is 10.2 Å². The number of unbranched alkanes of at least 4 members (excludes halogenated alkanes) is 1. The molecule has 0 spiro atoms. The van der Waals surface area contributed by atoms with Crippen molar-refractivity contribution in [2.45, 2.75) is 12.8 Å². The highest BCUT2D eigenvalue weighted by Gasteiger charge is 2.18. The minimum atomic E-state index is -0.455. The van der Waals surface area contributed by atoms with Crippen molar-refractivity contribution in [3.05, 3.63) is 76.1 Å². The predicted octanol–water partition coefficient (Wildman–Crippen LogP) is 3.47. The van der Waals surface area contributed by atoms with Crippen LogP contribution in [0.3, 0.4) is 0 Å². The summed E-state index contributed by atoms with van der Waals surface area (Å²) in [5.74, 6) is -0.355. The van der Waals surface area contributed by atoms with Gasteiger partial charge in [-0.1, -0.05) is 12.1 Å². The van der Waals surface area contributed by atoms with Crippen molar-refractivity contribution in [2.75, 3.05) is 44.2 Å². The van der Waals surface area contributed by atoms with Gasteiger partial charge in [0.2, 0.25) is 5.91 Å². The Balaban J connectivity index is 1.29. The Bertz CT molecular complexity index is 909. The summed E-state index contributed by atoms with van der Waals surface area (Å²) in [5, 5.41) is 13.5. The van der Waals surface area contributed by atoms with E-state index in [9.17, 15) is 19.3 Å². The number of carbonyl (C=O) groups excluding carboxylic acids is 1. The number of non-ortho nitro benzene ring substituents is 1. The molecule has 2 aromatic rings. The number of nitro benzene ring substituents is 1. The molecule has 0 bridgehead atoms. The van der Waals surface area contributed by atoms with E-state index in [0.717, 1.165) is 51.1 Å². The van der Waals surface area contributed by atoms with Crippen LogP contribution < -0.4 is 10.2 Å². The Kier molecular flexibility index (Phi) is 8.12. The number of halogens is 1. The maximum atomic E-state index is 13.9. The van der Waals surface area contributed by atoms with E-state index in [0.29, 0.717) is 12.2 Å². The summed E-state index contributed by atoms with van der Waals surface area (Å²) in [7, 11) is 0. The van der Waals surface area contributed by atoms with Crippen LogP contribution in [0.4, 0.5) is 15.8 Å². The minimum absolute atomic E-state index is 0.0234. The monoisotopic (exact) mass is 426 g/mol. The molecule has 8 heteroatoms. The summed E-state index contributed by atoms with van der Waals surface area (Å²) in [4.78, 5) is 26.5. The van der Waals surface area contributed by atoms with Crippen molar-refractivity contribution in [1.29, 1.82) is 0 Å². The third kappa shape index (κ3) is 6.89. The molecule has 0 aromatic heterocycles. The van der Waals surface area contributed by atoms with E-state index in [2.05, 4.69) is 15.1 Å². The van der Waals surface area contributed by atoms with Crippen LogP contribution in [0, 0.1) is 15.9 Å². The standard InChI is InChI=1S/C23H27FN4O3/c24-21-5-1-2-6-22(21)27-17-15-26(16-18-27)14-4-3-13-25-23(29)12-9-19-7-10-20(11-8-19)28(30)31/h1-2,5-12H,3-4,13-18H2,(H,25,29)/b12-9+. The lowest BCUT2D eigenvalue weighted by atomic mass is 10.2. The number of benzene rings is 2. The highest BCUT2D eigenvalue weighted by atomic mass is 19.1. The zero-order chi connectivity index (χ0) is 22.1. The molecule has 2 aromatic carbocycles. The van der Waals surface area contributed by atoms with Gasteiger partial charge in [-0.05, 0) is 55.3 Å². The Labute approximate surface area is 181 Å². The second kappa shape index (κ2) is 11.2. The average molecular weight is 426 g/mol. The number of hydrogen-bond acceptors (Lipinski definition) is 5. The van der Waals surface area contributed by atoms with Gasteiger partial charge in [0, 0.05) is 50.9 Å². The third-order valence-corrected chi connectivity index (χ3v) is 5.30. The molecular formula is C23H27FN4O3. The lowest BCUT2D eigenvalue weighted by Gasteiger charge is -2.36. The molecule has 1 heterocycles. The maximum Gasteiger partial charge on any atom is 0.269 e. The van der Waals surface area contributed by atoms with E-state index in [1.165, 1.54) is 24.3 Å². The Morgan fingerprint density at radius 1 is 1.06 bits per heavy atom. The number of nitro groups is 1. The number of nitrogens with one attached hydrogen (secondary N) is 1. The maximum absolute atomic E-state index is 13.9. The number of para-hydroxylation sites is 1. The molecule has 3 rings (SSSR count). The third-order valence-electron chi connectivity index (χ3n) is 5.30.